The van der Waals surface area contributed by atoms with Gasteiger partial charge in [0.1, 0.15) is 0 Å². The van der Waals surface area contributed by atoms with E-state index in [1.54, 1.807) is 18.2 Å². The predicted molar refractivity (Wildman–Crippen MR) is 81.6 cm³/mol. The average molecular weight is 341 g/mol. The number of hydrogen-bond donors (Lipinski definition) is 1. The molecule has 0 heterocycles. The molecule has 0 radical (unpaired) electrons. The highest BCUT2D eigenvalue weighted by molar-refractivity contribution is 7.89. The van der Waals surface area contributed by atoms with E-state index in [0.29, 0.717) is 21.2 Å². The minimum Gasteiger partial charge on any atom is -0.207 e. The molecular weight excluding hydrogens is 331 g/mol. The molecular formula is C14H10Cl2N2O2S. The molecule has 7 heteroatoms. The topological polar surface area (TPSA) is 70.0 Å². The van der Waals surface area contributed by atoms with Crippen LogP contribution < -0.4 is 4.72 Å². The van der Waals surface area contributed by atoms with Crippen molar-refractivity contribution in [3.05, 3.63) is 63.6 Å². The first-order valence-corrected chi connectivity index (χ1v) is 8.10. The van der Waals surface area contributed by atoms with Crippen LogP contribution in [0.5, 0.6) is 0 Å². The van der Waals surface area contributed by atoms with Crippen molar-refractivity contribution in [2.45, 2.75) is 11.4 Å². The summed E-state index contributed by atoms with van der Waals surface area (Å²) in [5.41, 5.74) is 1.10. The highest BCUT2D eigenvalue weighted by atomic mass is 35.5. The zero-order valence-electron chi connectivity index (χ0n) is 10.7. The third-order valence-electron chi connectivity index (χ3n) is 2.74. The Morgan fingerprint density at radius 2 is 1.71 bits per heavy atom. The summed E-state index contributed by atoms with van der Waals surface area (Å²) in [6.07, 6.45) is 0. The Kier molecular flexibility index (Phi) is 4.86. The summed E-state index contributed by atoms with van der Waals surface area (Å²) < 4.78 is 26.7. The van der Waals surface area contributed by atoms with Crippen LogP contribution in [0.25, 0.3) is 0 Å². The van der Waals surface area contributed by atoms with Crippen molar-refractivity contribution in [1.29, 1.82) is 5.26 Å². The van der Waals surface area contributed by atoms with Crippen LogP contribution in [0.15, 0.2) is 47.4 Å². The lowest BCUT2D eigenvalue weighted by atomic mass is 10.2. The molecule has 0 unspecified atom stereocenters. The van der Waals surface area contributed by atoms with Gasteiger partial charge >= 0.3 is 0 Å². The van der Waals surface area contributed by atoms with Crippen molar-refractivity contribution in [2.24, 2.45) is 0 Å². The summed E-state index contributed by atoms with van der Waals surface area (Å²) >= 11 is 11.7. The van der Waals surface area contributed by atoms with E-state index in [0.717, 1.165) is 0 Å². The van der Waals surface area contributed by atoms with Gasteiger partial charge in [0.05, 0.1) is 26.6 Å². The largest absolute Gasteiger partial charge is 0.240 e. The van der Waals surface area contributed by atoms with Gasteiger partial charge < -0.3 is 0 Å². The minimum absolute atomic E-state index is 0.0965. The molecule has 0 saturated heterocycles. The number of hydrogen-bond acceptors (Lipinski definition) is 3. The molecule has 0 saturated carbocycles. The molecule has 4 nitrogen and oxygen atoms in total. The molecule has 1 N–H and O–H groups in total. The lowest BCUT2D eigenvalue weighted by molar-refractivity contribution is 0.581. The standard InChI is InChI=1S/C14H10Cl2N2O2S/c15-13-6-3-11(7-14(13)16)9-18-21(19,20)12-4-1-10(8-17)2-5-12/h1-7,18H,9H2. The SMILES string of the molecule is N#Cc1ccc(S(=O)(=O)NCc2ccc(Cl)c(Cl)c2)cc1. The first kappa shape index (κ1) is 15.8. The Bertz CT molecular complexity index is 797. The highest BCUT2D eigenvalue weighted by Gasteiger charge is 2.13. The van der Waals surface area contributed by atoms with E-state index in [1.165, 1.54) is 24.3 Å². The van der Waals surface area contributed by atoms with Gasteiger partial charge in [0.15, 0.2) is 0 Å². The average Bonchev–Trinajstić information content (AvgIpc) is 2.48. The minimum atomic E-state index is -3.64. The van der Waals surface area contributed by atoms with Crippen LogP contribution in [0.4, 0.5) is 0 Å². The fraction of sp³-hybridized carbons (Fsp3) is 0.0714. The number of rotatable bonds is 4. The Balaban J connectivity index is 2.13. The van der Waals surface area contributed by atoms with Crippen molar-refractivity contribution in [3.8, 4) is 6.07 Å². The second-order valence-electron chi connectivity index (χ2n) is 4.21. The first-order valence-electron chi connectivity index (χ1n) is 5.86. The molecule has 0 fully saturated rings. The molecule has 108 valence electrons. The van der Waals surface area contributed by atoms with Crippen molar-refractivity contribution in [3.63, 3.8) is 0 Å². The summed E-state index contributed by atoms with van der Waals surface area (Å²) in [4.78, 5) is 0.0987. The maximum Gasteiger partial charge on any atom is 0.240 e. The Hall–Kier alpha value is -1.58. The van der Waals surface area contributed by atoms with Crippen LogP contribution >= 0.6 is 23.2 Å². The van der Waals surface area contributed by atoms with Crippen molar-refractivity contribution in [2.75, 3.05) is 0 Å². The molecule has 0 aliphatic carbocycles. The fourth-order valence-corrected chi connectivity index (χ4v) is 2.96. The van der Waals surface area contributed by atoms with E-state index < -0.39 is 10.0 Å². The van der Waals surface area contributed by atoms with E-state index >= 15 is 0 Å². The summed E-state index contributed by atoms with van der Waals surface area (Å²) in [5.74, 6) is 0. The van der Waals surface area contributed by atoms with Gasteiger partial charge in [-0.2, -0.15) is 5.26 Å². The van der Waals surface area contributed by atoms with Crippen LogP contribution in [0, 0.1) is 11.3 Å². The summed E-state index contributed by atoms with van der Waals surface area (Å²) in [6, 6.07) is 12.5. The van der Waals surface area contributed by atoms with E-state index in [9.17, 15) is 8.42 Å². The Morgan fingerprint density at radius 3 is 2.29 bits per heavy atom. The Labute approximate surface area is 133 Å². The molecule has 2 rings (SSSR count). The molecule has 0 amide bonds. The van der Waals surface area contributed by atoms with Crippen molar-refractivity contribution in [1.82, 2.24) is 4.72 Å². The van der Waals surface area contributed by atoms with Gasteiger partial charge in [-0.3, -0.25) is 0 Å². The van der Waals surface area contributed by atoms with Gasteiger partial charge in [-0.15, -0.1) is 0 Å². The number of nitrogens with zero attached hydrogens (tertiary/aromatic N) is 1. The maximum atomic E-state index is 12.1. The monoisotopic (exact) mass is 340 g/mol. The maximum absolute atomic E-state index is 12.1. The van der Waals surface area contributed by atoms with Crippen LogP contribution in [0.1, 0.15) is 11.1 Å². The molecule has 2 aromatic carbocycles. The lowest BCUT2D eigenvalue weighted by Crippen LogP contribution is -2.23. The molecule has 21 heavy (non-hydrogen) atoms. The molecule has 0 bridgehead atoms. The van der Waals surface area contributed by atoms with Crippen molar-refractivity contribution < 1.29 is 8.42 Å². The second-order valence-corrected chi connectivity index (χ2v) is 6.79. The summed E-state index contributed by atoms with van der Waals surface area (Å²) in [6.45, 7) is 0.0965. The summed E-state index contributed by atoms with van der Waals surface area (Å²) in [5, 5.41) is 9.47. The smallest absolute Gasteiger partial charge is 0.207 e. The summed E-state index contributed by atoms with van der Waals surface area (Å²) in [7, 11) is -3.64. The van der Waals surface area contributed by atoms with Crippen LogP contribution in [-0.4, -0.2) is 8.42 Å². The molecule has 0 aliphatic heterocycles. The molecule has 0 spiro atoms. The van der Waals surface area contributed by atoms with Crippen LogP contribution in [0.2, 0.25) is 10.0 Å². The predicted octanol–water partition coefficient (Wildman–Crippen LogP) is 3.34. The third kappa shape index (κ3) is 3.96. The quantitative estimate of drug-likeness (QED) is 0.927. The van der Waals surface area contributed by atoms with Crippen LogP contribution in [-0.2, 0) is 16.6 Å². The number of nitrogens with one attached hydrogen (secondary N) is 1. The van der Waals surface area contributed by atoms with Gasteiger partial charge in [0.25, 0.3) is 0 Å². The van der Waals surface area contributed by atoms with Gasteiger partial charge in [0, 0.05) is 6.54 Å². The van der Waals surface area contributed by atoms with E-state index in [1.807, 2.05) is 6.07 Å². The number of benzene rings is 2. The first-order chi connectivity index (χ1) is 9.92. The number of nitriles is 1. The van der Waals surface area contributed by atoms with Gasteiger partial charge in [0.2, 0.25) is 10.0 Å². The van der Waals surface area contributed by atoms with Crippen LogP contribution in [0.3, 0.4) is 0 Å². The lowest BCUT2D eigenvalue weighted by Gasteiger charge is -2.07. The van der Waals surface area contributed by atoms with Gasteiger partial charge in [-0.05, 0) is 42.0 Å². The molecule has 2 aromatic rings. The van der Waals surface area contributed by atoms with Crippen molar-refractivity contribution >= 4 is 33.2 Å². The van der Waals surface area contributed by atoms with Gasteiger partial charge in [-0.25, -0.2) is 13.1 Å². The molecule has 0 aliphatic rings. The fourth-order valence-electron chi connectivity index (χ4n) is 1.62. The highest BCUT2D eigenvalue weighted by Crippen LogP contribution is 2.22. The van der Waals surface area contributed by atoms with E-state index in [4.69, 9.17) is 28.5 Å². The number of halogens is 2. The normalized spacial score (nSPS) is 11.1. The number of sulfonamides is 1. The second kappa shape index (κ2) is 6.46. The zero-order valence-corrected chi connectivity index (χ0v) is 13.0. The van der Waals surface area contributed by atoms with E-state index in [-0.39, 0.29) is 11.4 Å². The Morgan fingerprint density at radius 1 is 1.05 bits per heavy atom. The molecule has 0 atom stereocenters. The van der Waals surface area contributed by atoms with E-state index in [2.05, 4.69) is 4.72 Å². The third-order valence-corrected chi connectivity index (χ3v) is 4.90. The zero-order chi connectivity index (χ0) is 15.5. The molecule has 0 aromatic heterocycles. The van der Waals surface area contributed by atoms with Gasteiger partial charge in [-0.1, -0.05) is 29.3 Å².